The van der Waals surface area contributed by atoms with Crippen LogP contribution in [0.15, 0.2) is 47.6 Å². The minimum absolute atomic E-state index is 0.0507. The molecule has 1 atom stereocenters. The number of benzene rings is 1. The third-order valence-corrected chi connectivity index (χ3v) is 5.98. The second-order valence-electron chi connectivity index (χ2n) is 6.16. The highest BCUT2D eigenvalue weighted by molar-refractivity contribution is 7.91. The van der Waals surface area contributed by atoms with Gasteiger partial charge in [0.25, 0.3) is 0 Å². The van der Waals surface area contributed by atoms with Crippen LogP contribution < -0.4 is 5.32 Å². The third kappa shape index (κ3) is 3.84. The topological polar surface area (TPSA) is 81.1 Å². The monoisotopic (exact) mass is 347 g/mol. The number of imidazole rings is 1. The standard InChI is InChI=1S/C17H21N3O3S/c1-20-11-10-18-17(20)16(13-7-8-13)19-15(21)9-12-24(22,23)14-5-3-2-4-6-14/h2-6,10-11,13,16H,7-9,12H2,1H3,(H,19,21)/t16-/m0/s1. The summed E-state index contributed by atoms with van der Waals surface area (Å²) in [4.78, 5) is 16.8. The van der Waals surface area contributed by atoms with Gasteiger partial charge in [0.05, 0.1) is 16.7 Å². The Bertz CT molecular complexity index is 811. The first-order valence-corrected chi connectivity index (χ1v) is 9.67. The van der Waals surface area contributed by atoms with Gasteiger partial charge >= 0.3 is 0 Å². The van der Waals surface area contributed by atoms with Crippen molar-refractivity contribution in [1.29, 1.82) is 0 Å². The van der Waals surface area contributed by atoms with E-state index < -0.39 is 9.84 Å². The van der Waals surface area contributed by atoms with E-state index in [9.17, 15) is 13.2 Å². The normalized spacial score (nSPS) is 15.9. The van der Waals surface area contributed by atoms with Crippen molar-refractivity contribution in [2.24, 2.45) is 13.0 Å². The van der Waals surface area contributed by atoms with Crippen molar-refractivity contribution >= 4 is 15.7 Å². The quantitative estimate of drug-likeness (QED) is 0.829. The summed E-state index contributed by atoms with van der Waals surface area (Å²) in [5, 5.41) is 2.96. The van der Waals surface area contributed by atoms with Gasteiger partial charge < -0.3 is 9.88 Å². The smallest absolute Gasteiger partial charge is 0.221 e. The number of nitrogens with zero attached hydrogens (tertiary/aromatic N) is 2. The minimum atomic E-state index is -3.44. The van der Waals surface area contributed by atoms with Crippen LogP contribution in [0.3, 0.4) is 0 Å². The van der Waals surface area contributed by atoms with Gasteiger partial charge in [-0.3, -0.25) is 4.79 Å². The molecule has 0 radical (unpaired) electrons. The van der Waals surface area contributed by atoms with Crippen molar-refractivity contribution in [2.45, 2.75) is 30.2 Å². The number of sulfone groups is 1. The average Bonchev–Trinajstić information content (AvgIpc) is 3.33. The van der Waals surface area contributed by atoms with Crippen LogP contribution in [0.5, 0.6) is 0 Å². The van der Waals surface area contributed by atoms with Gasteiger partial charge in [-0.25, -0.2) is 13.4 Å². The Balaban J connectivity index is 1.62. The lowest BCUT2D eigenvalue weighted by Gasteiger charge is -2.18. The lowest BCUT2D eigenvalue weighted by Crippen LogP contribution is -2.32. The Hall–Kier alpha value is -2.15. The van der Waals surface area contributed by atoms with Crippen LogP contribution in [0.4, 0.5) is 0 Å². The fourth-order valence-corrected chi connectivity index (χ4v) is 3.98. The Morgan fingerprint density at radius 3 is 2.62 bits per heavy atom. The van der Waals surface area contributed by atoms with Crippen LogP contribution in [0.25, 0.3) is 0 Å². The van der Waals surface area contributed by atoms with Gasteiger partial charge in [0, 0.05) is 25.9 Å². The van der Waals surface area contributed by atoms with Crippen LogP contribution >= 0.6 is 0 Å². The molecule has 0 bridgehead atoms. The summed E-state index contributed by atoms with van der Waals surface area (Å²) in [6.45, 7) is 0. The molecule has 2 aromatic rings. The number of rotatable bonds is 7. The number of hydrogen-bond donors (Lipinski definition) is 1. The Morgan fingerprint density at radius 1 is 1.33 bits per heavy atom. The fourth-order valence-electron chi connectivity index (χ4n) is 2.72. The molecule has 24 heavy (non-hydrogen) atoms. The number of carbonyl (C=O) groups is 1. The second-order valence-corrected chi connectivity index (χ2v) is 8.27. The molecule has 1 amide bonds. The number of aromatic nitrogens is 2. The van der Waals surface area contributed by atoms with Crippen molar-refractivity contribution in [2.75, 3.05) is 5.75 Å². The highest BCUT2D eigenvalue weighted by Crippen LogP contribution is 2.40. The third-order valence-electron chi connectivity index (χ3n) is 4.25. The van der Waals surface area contributed by atoms with Crippen LogP contribution in [-0.4, -0.2) is 29.6 Å². The minimum Gasteiger partial charge on any atom is -0.346 e. The first-order chi connectivity index (χ1) is 11.5. The molecule has 0 spiro atoms. The molecule has 1 saturated carbocycles. The molecule has 0 unspecified atom stereocenters. The van der Waals surface area contributed by atoms with Crippen LogP contribution in [-0.2, 0) is 21.7 Å². The number of nitrogens with one attached hydrogen (secondary N) is 1. The van der Waals surface area contributed by atoms with Crippen molar-refractivity contribution in [3.63, 3.8) is 0 Å². The number of amides is 1. The van der Waals surface area contributed by atoms with E-state index in [4.69, 9.17) is 0 Å². The van der Waals surface area contributed by atoms with Crippen molar-refractivity contribution in [1.82, 2.24) is 14.9 Å². The van der Waals surface area contributed by atoms with E-state index in [0.717, 1.165) is 18.7 Å². The van der Waals surface area contributed by atoms with Gasteiger partial charge in [-0.1, -0.05) is 18.2 Å². The molecule has 7 heteroatoms. The lowest BCUT2D eigenvalue weighted by molar-refractivity contribution is -0.121. The SMILES string of the molecule is Cn1ccnc1[C@@H](NC(=O)CCS(=O)(=O)c1ccccc1)C1CC1. The molecule has 1 heterocycles. The summed E-state index contributed by atoms with van der Waals surface area (Å²) in [6, 6.07) is 8.08. The van der Waals surface area contributed by atoms with E-state index in [-0.39, 0.29) is 29.0 Å². The van der Waals surface area contributed by atoms with Gasteiger partial charge in [0.2, 0.25) is 5.91 Å². The highest BCUT2D eigenvalue weighted by atomic mass is 32.2. The molecule has 1 aromatic heterocycles. The van der Waals surface area contributed by atoms with Gasteiger partial charge in [0.1, 0.15) is 5.82 Å². The lowest BCUT2D eigenvalue weighted by atomic mass is 10.1. The summed E-state index contributed by atoms with van der Waals surface area (Å²) in [5.74, 6) is 0.757. The maximum absolute atomic E-state index is 12.3. The van der Waals surface area contributed by atoms with E-state index in [1.165, 1.54) is 0 Å². The predicted octanol–water partition coefficient (Wildman–Crippen LogP) is 1.85. The molecule has 1 aliphatic rings. The molecule has 6 nitrogen and oxygen atoms in total. The largest absolute Gasteiger partial charge is 0.346 e. The molecule has 1 fully saturated rings. The summed E-state index contributed by atoms with van der Waals surface area (Å²) < 4.78 is 26.4. The van der Waals surface area contributed by atoms with Crippen LogP contribution in [0, 0.1) is 5.92 Å². The van der Waals surface area contributed by atoms with Gasteiger partial charge in [-0.15, -0.1) is 0 Å². The summed E-state index contributed by atoms with van der Waals surface area (Å²) in [7, 11) is -1.55. The van der Waals surface area contributed by atoms with E-state index in [0.29, 0.717) is 5.92 Å². The van der Waals surface area contributed by atoms with Gasteiger partial charge in [-0.2, -0.15) is 0 Å². The fraction of sp³-hybridized carbons (Fsp3) is 0.412. The first kappa shape index (κ1) is 16.7. The highest BCUT2D eigenvalue weighted by Gasteiger charge is 2.35. The van der Waals surface area contributed by atoms with Crippen LogP contribution in [0.1, 0.15) is 31.1 Å². The van der Waals surface area contributed by atoms with Gasteiger partial charge in [0.15, 0.2) is 9.84 Å². The van der Waals surface area contributed by atoms with Crippen LogP contribution in [0.2, 0.25) is 0 Å². The number of hydrogen-bond acceptors (Lipinski definition) is 4. The van der Waals surface area contributed by atoms with E-state index in [1.807, 2.05) is 17.8 Å². The summed E-state index contributed by atoms with van der Waals surface area (Å²) >= 11 is 0. The second kappa shape index (κ2) is 6.76. The number of aryl methyl sites for hydroxylation is 1. The average molecular weight is 347 g/mol. The molecule has 1 N–H and O–H groups in total. The first-order valence-electron chi connectivity index (χ1n) is 8.02. The molecular formula is C17H21N3O3S. The Kier molecular flexibility index (Phi) is 4.71. The predicted molar refractivity (Wildman–Crippen MR) is 89.9 cm³/mol. The zero-order chi connectivity index (χ0) is 17.2. The maximum atomic E-state index is 12.3. The maximum Gasteiger partial charge on any atom is 0.221 e. The Morgan fingerprint density at radius 2 is 2.04 bits per heavy atom. The molecule has 128 valence electrons. The zero-order valence-corrected chi connectivity index (χ0v) is 14.4. The molecular weight excluding hydrogens is 326 g/mol. The van der Waals surface area contributed by atoms with E-state index >= 15 is 0 Å². The molecule has 1 aromatic carbocycles. The molecule has 0 saturated heterocycles. The summed E-state index contributed by atoms with van der Waals surface area (Å²) in [5.41, 5.74) is 0. The molecule has 0 aliphatic heterocycles. The molecule has 1 aliphatic carbocycles. The van der Waals surface area contributed by atoms with Gasteiger partial charge in [-0.05, 0) is 30.9 Å². The Labute approximate surface area is 141 Å². The molecule has 3 rings (SSSR count). The van der Waals surface area contributed by atoms with E-state index in [2.05, 4.69) is 10.3 Å². The zero-order valence-electron chi connectivity index (χ0n) is 13.6. The van der Waals surface area contributed by atoms with Crippen molar-refractivity contribution in [3.05, 3.63) is 48.5 Å². The summed E-state index contributed by atoms with van der Waals surface area (Å²) in [6.07, 6.45) is 5.61. The number of carbonyl (C=O) groups excluding carboxylic acids is 1. The van der Waals surface area contributed by atoms with E-state index in [1.54, 1.807) is 36.5 Å². The van der Waals surface area contributed by atoms with Crippen molar-refractivity contribution in [3.8, 4) is 0 Å². The van der Waals surface area contributed by atoms with Crippen molar-refractivity contribution < 1.29 is 13.2 Å².